The fourth-order valence-electron chi connectivity index (χ4n) is 2.49. The number of nitrogens with one attached hydrogen (secondary N) is 1. The third-order valence-corrected chi connectivity index (χ3v) is 4.29. The van der Waals surface area contributed by atoms with Gasteiger partial charge in [0.1, 0.15) is 5.75 Å². The van der Waals surface area contributed by atoms with Gasteiger partial charge in [-0.2, -0.15) is 0 Å². The predicted octanol–water partition coefficient (Wildman–Crippen LogP) is 4.34. The van der Waals surface area contributed by atoms with Crippen molar-refractivity contribution in [3.63, 3.8) is 0 Å². The average molecular weight is 346 g/mol. The molecular formula is C19H26N2O2S. The van der Waals surface area contributed by atoms with Gasteiger partial charge in [0.2, 0.25) is 0 Å². The van der Waals surface area contributed by atoms with E-state index in [1.165, 1.54) is 0 Å². The van der Waals surface area contributed by atoms with E-state index in [-0.39, 0.29) is 11.4 Å². The Morgan fingerprint density at radius 1 is 1.33 bits per heavy atom. The molecule has 5 heteroatoms. The van der Waals surface area contributed by atoms with E-state index in [0.717, 1.165) is 21.4 Å². The number of benzene rings is 1. The molecule has 1 N–H and O–H groups in total. The summed E-state index contributed by atoms with van der Waals surface area (Å²) in [6, 6.07) is 6.01. The van der Waals surface area contributed by atoms with E-state index in [1.807, 2.05) is 59.2 Å². The molecular weight excluding hydrogens is 320 g/mol. The highest BCUT2D eigenvalue weighted by atomic mass is 32.2. The molecule has 1 amide bonds. The number of pyridine rings is 1. The monoisotopic (exact) mass is 346 g/mol. The summed E-state index contributed by atoms with van der Waals surface area (Å²) in [5.74, 6) is 0.620. The molecule has 1 aromatic heterocycles. The Balaban J connectivity index is 2.29. The van der Waals surface area contributed by atoms with Crippen molar-refractivity contribution in [3.8, 4) is 5.75 Å². The van der Waals surface area contributed by atoms with E-state index >= 15 is 0 Å². The normalized spacial score (nSPS) is 12.9. The number of fused-ring (bicyclic) bond motifs is 1. The lowest BCUT2D eigenvalue weighted by Gasteiger charge is -2.25. The lowest BCUT2D eigenvalue weighted by atomic mass is 10.1. The van der Waals surface area contributed by atoms with Crippen LogP contribution in [0, 0.1) is 6.92 Å². The number of carbonyl (C=O) groups is 1. The Morgan fingerprint density at radius 3 is 2.62 bits per heavy atom. The van der Waals surface area contributed by atoms with Crippen LogP contribution in [-0.4, -0.2) is 28.8 Å². The summed E-state index contributed by atoms with van der Waals surface area (Å²) in [4.78, 5) is 18.0. The number of rotatable bonds is 5. The summed E-state index contributed by atoms with van der Waals surface area (Å²) in [7, 11) is 0. The van der Waals surface area contributed by atoms with Crippen LogP contribution >= 0.6 is 11.8 Å². The number of amides is 1. The van der Waals surface area contributed by atoms with Crippen LogP contribution in [0.15, 0.2) is 29.3 Å². The summed E-state index contributed by atoms with van der Waals surface area (Å²) < 4.78 is 5.99. The third-order valence-electron chi connectivity index (χ3n) is 3.60. The molecule has 4 nitrogen and oxygen atoms in total. The Kier molecular flexibility index (Phi) is 5.75. The first kappa shape index (κ1) is 18.6. The molecule has 1 unspecified atom stereocenters. The number of hydrogen-bond acceptors (Lipinski definition) is 4. The van der Waals surface area contributed by atoms with Crippen molar-refractivity contribution in [1.29, 1.82) is 0 Å². The molecule has 0 aliphatic rings. The van der Waals surface area contributed by atoms with Crippen LogP contribution in [0.5, 0.6) is 5.75 Å². The Morgan fingerprint density at radius 2 is 2.04 bits per heavy atom. The second-order valence-corrected chi connectivity index (χ2v) is 7.82. The molecule has 2 aromatic rings. The molecule has 0 saturated carbocycles. The molecule has 0 fully saturated rings. The number of aryl methyl sites for hydroxylation is 1. The molecule has 0 spiro atoms. The quantitative estimate of drug-likeness (QED) is 0.818. The van der Waals surface area contributed by atoms with Crippen LogP contribution in [0.3, 0.4) is 0 Å². The van der Waals surface area contributed by atoms with E-state index < -0.39 is 6.10 Å². The summed E-state index contributed by atoms with van der Waals surface area (Å²) in [6.45, 7) is 9.86. The number of ether oxygens (including phenoxy) is 1. The number of thioether (sulfide) groups is 1. The average Bonchev–Trinajstić information content (AvgIpc) is 2.50. The van der Waals surface area contributed by atoms with E-state index in [4.69, 9.17) is 4.74 Å². The highest BCUT2D eigenvalue weighted by molar-refractivity contribution is 7.98. The van der Waals surface area contributed by atoms with Crippen molar-refractivity contribution in [1.82, 2.24) is 10.3 Å². The maximum Gasteiger partial charge on any atom is 0.261 e. The topological polar surface area (TPSA) is 51.2 Å². The molecule has 0 bridgehead atoms. The van der Waals surface area contributed by atoms with E-state index in [2.05, 4.69) is 16.4 Å². The second kappa shape index (κ2) is 7.43. The van der Waals surface area contributed by atoms with E-state index in [9.17, 15) is 4.79 Å². The van der Waals surface area contributed by atoms with Crippen LogP contribution < -0.4 is 10.1 Å². The van der Waals surface area contributed by atoms with Gasteiger partial charge >= 0.3 is 0 Å². The zero-order chi connectivity index (χ0) is 17.9. The first-order valence-corrected chi connectivity index (χ1v) is 9.39. The SMILES string of the molecule is CCC(Oc1cc(C)c2ncc(SC)cc2c1)C(=O)NC(C)(C)C. The van der Waals surface area contributed by atoms with Gasteiger partial charge in [0.15, 0.2) is 6.10 Å². The predicted molar refractivity (Wildman–Crippen MR) is 101 cm³/mol. The van der Waals surface area contributed by atoms with Gasteiger partial charge in [0, 0.05) is 22.0 Å². The number of aromatic nitrogens is 1. The zero-order valence-corrected chi connectivity index (χ0v) is 16.1. The van der Waals surface area contributed by atoms with Crippen molar-refractivity contribution in [2.24, 2.45) is 0 Å². The Bertz CT molecular complexity index is 738. The Hall–Kier alpha value is -1.75. The maximum atomic E-state index is 12.4. The standard InChI is InChI=1S/C19H26N2O2S/c1-7-16(18(22)21-19(3,4)5)23-14-8-12(2)17-13(9-14)10-15(24-6)11-20-17/h8-11,16H,7H2,1-6H3,(H,21,22). The van der Waals surface area contributed by atoms with Gasteiger partial charge in [-0.15, -0.1) is 11.8 Å². The van der Waals surface area contributed by atoms with Gasteiger partial charge in [0.25, 0.3) is 5.91 Å². The van der Waals surface area contributed by atoms with Crippen molar-refractivity contribution in [2.75, 3.05) is 6.26 Å². The van der Waals surface area contributed by atoms with Crippen molar-refractivity contribution in [3.05, 3.63) is 30.0 Å². The maximum absolute atomic E-state index is 12.4. The summed E-state index contributed by atoms with van der Waals surface area (Å²) in [6.07, 6.45) is 4.02. The fourth-order valence-corrected chi connectivity index (χ4v) is 2.90. The highest BCUT2D eigenvalue weighted by Gasteiger charge is 2.23. The van der Waals surface area contributed by atoms with Crippen LogP contribution in [-0.2, 0) is 4.79 Å². The molecule has 0 aliphatic heterocycles. The lowest BCUT2D eigenvalue weighted by molar-refractivity contribution is -0.129. The van der Waals surface area contributed by atoms with Crippen molar-refractivity contribution < 1.29 is 9.53 Å². The summed E-state index contributed by atoms with van der Waals surface area (Å²) in [5, 5.41) is 4.01. The van der Waals surface area contributed by atoms with Gasteiger partial charge in [-0.3, -0.25) is 9.78 Å². The van der Waals surface area contributed by atoms with Crippen molar-refractivity contribution >= 4 is 28.6 Å². The molecule has 130 valence electrons. The fraction of sp³-hybridized carbons (Fsp3) is 0.474. The first-order chi connectivity index (χ1) is 11.2. The summed E-state index contributed by atoms with van der Waals surface area (Å²) >= 11 is 1.66. The van der Waals surface area contributed by atoms with Gasteiger partial charge in [-0.05, 0) is 64.1 Å². The smallest absolute Gasteiger partial charge is 0.261 e. The first-order valence-electron chi connectivity index (χ1n) is 8.16. The zero-order valence-electron chi connectivity index (χ0n) is 15.3. The van der Waals surface area contributed by atoms with Gasteiger partial charge in [0.05, 0.1) is 5.52 Å². The Labute approximate surface area is 148 Å². The molecule has 0 radical (unpaired) electrons. The van der Waals surface area contributed by atoms with E-state index in [0.29, 0.717) is 12.2 Å². The number of carbonyl (C=O) groups excluding carboxylic acids is 1. The number of nitrogens with zero attached hydrogens (tertiary/aromatic N) is 1. The van der Waals surface area contributed by atoms with Crippen molar-refractivity contribution in [2.45, 2.75) is 57.6 Å². The second-order valence-electron chi connectivity index (χ2n) is 6.94. The molecule has 0 aliphatic carbocycles. The van der Waals surface area contributed by atoms with Crippen LogP contribution in [0.1, 0.15) is 39.7 Å². The highest BCUT2D eigenvalue weighted by Crippen LogP contribution is 2.27. The minimum Gasteiger partial charge on any atom is -0.481 e. The third kappa shape index (κ3) is 4.63. The van der Waals surface area contributed by atoms with Crippen LogP contribution in [0.25, 0.3) is 10.9 Å². The van der Waals surface area contributed by atoms with E-state index in [1.54, 1.807) is 11.8 Å². The molecule has 1 atom stereocenters. The molecule has 24 heavy (non-hydrogen) atoms. The van der Waals surface area contributed by atoms with Crippen LogP contribution in [0.4, 0.5) is 0 Å². The van der Waals surface area contributed by atoms with Gasteiger partial charge in [-0.1, -0.05) is 6.92 Å². The molecule has 2 rings (SSSR count). The minimum atomic E-state index is -0.502. The largest absolute Gasteiger partial charge is 0.481 e. The molecule has 0 saturated heterocycles. The summed E-state index contributed by atoms with van der Waals surface area (Å²) in [5.41, 5.74) is 1.73. The van der Waals surface area contributed by atoms with Gasteiger partial charge < -0.3 is 10.1 Å². The molecule has 1 heterocycles. The number of hydrogen-bond donors (Lipinski definition) is 1. The van der Waals surface area contributed by atoms with Crippen LogP contribution in [0.2, 0.25) is 0 Å². The van der Waals surface area contributed by atoms with Gasteiger partial charge in [-0.25, -0.2) is 0 Å². The minimum absolute atomic E-state index is 0.0845. The lowest BCUT2D eigenvalue weighted by Crippen LogP contribution is -2.47. The molecule has 1 aromatic carbocycles.